The van der Waals surface area contributed by atoms with E-state index in [1.54, 1.807) is 0 Å². The summed E-state index contributed by atoms with van der Waals surface area (Å²) in [6.07, 6.45) is 0.918. The van der Waals surface area contributed by atoms with Crippen LogP contribution in [0.25, 0.3) is 0 Å². The lowest BCUT2D eigenvalue weighted by Gasteiger charge is -2.25. The van der Waals surface area contributed by atoms with Gasteiger partial charge in [0.2, 0.25) is 5.91 Å². The number of hydrogen-bond acceptors (Lipinski definition) is 4. The number of thiophene rings is 1. The zero-order valence-corrected chi connectivity index (χ0v) is 15.2. The highest BCUT2D eigenvalue weighted by atomic mass is 32.1. The van der Waals surface area contributed by atoms with Gasteiger partial charge in [0.15, 0.2) is 0 Å². The molecule has 0 atom stereocenters. The van der Waals surface area contributed by atoms with Gasteiger partial charge in [0.1, 0.15) is 0 Å². The third-order valence-corrected chi connectivity index (χ3v) is 5.41. The van der Waals surface area contributed by atoms with E-state index in [0.717, 1.165) is 49.6 Å². The van der Waals surface area contributed by atoms with Crippen LogP contribution in [0.15, 0.2) is 11.4 Å². The Bertz CT molecular complexity index is 540. The molecule has 0 N–H and O–H groups in total. The maximum atomic E-state index is 12.6. The van der Waals surface area contributed by atoms with E-state index in [9.17, 15) is 9.59 Å². The molecule has 1 aliphatic rings. The SMILES string of the molecule is CCN(CC)C(=O)CN1CCCN(C(=O)c2sccc2C)CC1. The maximum Gasteiger partial charge on any atom is 0.264 e. The highest BCUT2D eigenvalue weighted by molar-refractivity contribution is 7.12. The van der Waals surface area contributed by atoms with Crippen molar-refractivity contribution in [1.29, 1.82) is 0 Å². The fraction of sp³-hybridized carbons (Fsp3) is 0.647. The molecule has 2 rings (SSSR count). The Morgan fingerprint density at radius 1 is 1.17 bits per heavy atom. The molecule has 2 heterocycles. The van der Waals surface area contributed by atoms with Crippen molar-refractivity contribution >= 4 is 23.2 Å². The Morgan fingerprint density at radius 2 is 1.91 bits per heavy atom. The molecule has 1 aromatic rings. The fourth-order valence-electron chi connectivity index (χ4n) is 2.94. The predicted molar refractivity (Wildman–Crippen MR) is 93.9 cm³/mol. The fourth-order valence-corrected chi connectivity index (χ4v) is 3.83. The summed E-state index contributed by atoms with van der Waals surface area (Å²) in [5, 5.41) is 1.97. The third-order valence-electron chi connectivity index (χ3n) is 4.41. The molecule has 1 saturated heterocycles. The number of likely N-dealkylation sites (N-methyl/N-ethyl adjacent to an activating group) is 1. The Labute approximate surface area is 142 Å². The molecule has 0 aromatic carbocycles. The smallest absolute Gasteiger partial charge is 0.264 e. The van der Waals surface area contributed by atoms with Crippen LogP contribution in [0.5, 0.6) is 0 Å². The lowest BCUT2D eigenvalue weighted by molar-refractivity contribution is -0.132. The van der Waals surface area contributed by atoms with E-state index in [1.165, 1.54) is 11.3 Å². The molecular formula is C17H27N3O2S. The first-order chi connectivity index (χ1) is 11.1. The Hall–Kier alpha value is -1.40. The van der Waals surface area contributed by atoms with Crippen LogP contribution in [-0.2, 0) is 4.79 Å². The minimum Gasteiger partial charge on any atom is -0.342 e. The molecule has 1 aromatic heterocycles. The number of carbonyl (C=O) groups excluding carboxylic acids is 2. The lowest BCUT2D eigenvalue weighted by atomic mass is 10.2. The Morgan fingerprint density at radius 3 is 2.52 bits per heavy atom. The quantitative estimate of drug-likeness (QED) is 0.826. The normalized spacial score (nSPS) is 16.2. The van der Waals surface area contributed by atoms with E-state index in [4.69, 9.17) is 0 Å². The summed E-state index contributed by atoms with van der Waals surface area (Å²) in [4.78, 5) is 31.7. The molecule has 1 aliphatic heterocycles. The van der Waals surface area contributed by atoms with Crippen molar-refractivity contribution < 1.29 is 9.59 Å². The summed E-state index contributed by atoms with van der Waals surface area (Å²) >= 11 is 1.51. The largest absolute Gasteiger partial charge is 0.342 e. The van der Waals surface area contributed by atoms with Crippen molar-refractivity contribution in [1.82, 2.24) is 14.7 Å². The average molecular weight is 337 g/mol. The maximum absolute atomic E-state index is 12.6. The molecule has 2 amide bonds. The van der Waals surface area contributed by atoms with Crippen molar-refractivity contribution in [2.45, 2.75) is 27.2 Å². The lowest BCUT2D eigenvalue weighted by Crippen LogP contribution is -2.42. The van der Waals surface area contributed by atoms with E-state index >= 15 is 0 Å². The van der Waals surface area contributed by atoms with Crippen LogP contribution >= 0.6 is 11.3 Å². The van der Waals surface area contributed by atoms with Crippen molar-refractivity contribution in [3.05, 3.63) is 21.9 Å². The minimum absolute atomic E-state index is 0.134. The molecule has 6 heteroatoms. The first-order valence-electron chi connectivity index (χ1n) is 8.40. The van der Waals surface area contributed by atoms with Gasteiger partial charge in [-0.2, -0.15) is 0 Å². The molecule has 1 fully saturated rings. The number of amides is 2. The minimum atomic E-state index is 0.134. The van der Waals surface area contributed by atoms with Gasteiger partial charge in [-0.3, -0.25) is 14.5 Å². The van der Waals surface area contributed by atoms with E-state index in [1.807, 2.05) is 42.0 Å². The van der Waals surface area contributed by atoms with Crippen molar-refractivity contribution in [3.63, 3.8) is 0 Å². The summed E-state index contributed by atoms with van der Waals surface area (Å²) in [5.74, 6) is 0.318. The van der Waals surface area contributed by atoms with E-state index in [2.05, 4.69) is 4.90 Å². The standard InChI is InChI=1S/C17H27N3O2S/c1-4-19(5-2)15(21)13-18-8-6-9-20(11-10-18)17(22)16-14(3)7-12-23-16/h7,12H,4-6,8-11,13H2,1-3H3. The van der Waals surface area contributed by atoms with Gasteiger partial charge in [0, 0.05) is 39.3 Å². The van der Waals surface area contributed by atoms with Gasteiger partial charge in [-0.1, -0.05) is 0 Å². The number of carbonyl (C=O) groups is 2. The Balaban J connectivity index is 1.91. The summed E-state index contributed by atoms with van der Waals surface area (Å²) < 4.78 is 0. The predicted octanol–water partition coefficient (Wildman–Crippen LogP) is 2.07. The molecule has 23 heavy (non-hydrogen) atoms. The van der Waals surface area contributed by atoms with Crippen LogP contribution in [0.4, 0.5) is 0 Å². The molecular weight excluding hydrogens is 310 g/mol. The molecule has 0 spiro atoms. The van der Waals surface area contributed by atoms with Gasteiger partial charge in [-0.05, 0) is 44.2 Å². The number of hydrogen-bond donors (Lipinski definition) is 0. The van der Waals surface area contributed by atoms with Gasteiger partial charge in [-0.25, -0.2) is 0 Å². The summed E-state index contributed by atoms with van der Waals surface area (Å²) in [6, 6.07) is 1.99. The van der Waals surface area contributed by atoms with Crippen LogP contribution in [0.2, 0.25) is 0 Å². The summed E-state index contributed by atoms with van der Waals surface area (Å²) in [7, 11) is 0. The number of rotatable bonds is 5. The number of nitrogens with zero attached hydrogens (tertiary/aromatic N) is 3. The highest BCUT2D eigenvalue weighted by Crippen LogP contribution is 2.19. The monoisotopic (exact) mass is 337 g/mol. The second-order valence-corrected chi connectivity index (χ2v) is 6.84. The van der Waals surface area contributed by atoms with Crippen molar-refractivity contribution in [3.8, 4) is 0 Å². The molecule has 0 bridgehead atoms. The first kappa shape index (κ1) is 17.9. The molecule has 0 radical (unpaired) electrons. The van der Waals surface area contributed by atoms with Crippen LogP contribution in [0.1, 0.15) is 35.5 Å². The summed E-state index contributed by atoms with van der Waals surface area (Å²) in [5.41, 5.74) is 1.05. The second kappa shape index (κ2) is 8.45. The van der Waals surface area contributed by atoms with Gasteiger partial charge in [0.25, 0.3) is 5.91 Å². The van der Waals surface area contributed by atoms with Gasteiger partial charge < -0.3 is 9.80 Å². The molecule has 0 saturated carbocycles. The molecule has 0 unspecified atom stereocenters. The summed E-state index contributed by atoms with van der Waals surface area (Å²) in [6.45, 7) is 11.1. The van der Waals surface area contributed by atoms with Crippen LogP contribution < -0.4 is 0 Å². The van der Waals surface area contributed by atoms with E-state index in [-0.39, 0.29) is 11.8 Å². The highest BCUT2D eigenvalue weighted by Gasteiger charge is 2.23. The van der Waals surface area contributed by atoms with Gasteiger partial charge in [-0.15, -0.1) is 11.3 Å². The van der Waals surface area contributed by atoms with Crippen molar-refractivity contribution in [2.75, 3.05) is 45.8 Å². The third kappa shape index (κ3) is 4.54. The zero-order chi connectivity index (χ0) is 16.8. The topological polar surface area (TPSA) is 43.9 Å². The van der Waals surface area contributed by atoms with Crippen molar-refractivity contribution in [2.24, 2.45) is 0 Å². The number of aryl methyl sites for hydroxylation is 1. The Kier molecular flexibility index (Phi) is 6.59. The zero-order valence-electron chi connectivity index (χ0n) is 14.4. The van der Waals surface area contributed by atoms with Crippen LogP contribution in [0, 0.1) is 6.92 Å². The first-order valence-corrected chi connectivity index (χ1v) is 9.28. The molecule has 5 nitrogen and oxygen atoms in total. The van der Waals surface area contributed by atoms with Crippen LogP contribution in [0.3, 0.4) is 0 Å². The average Bonchev–Trinajstić information content (AvgIpc) is 2.82. The van der Waals surface area contributed by atoms with E-state index in [0.29, 0.717) is 13.1 Å². The van der Waals surface area contributed by atoms with Gasteiger partial charge in [0.05, 0.1) is 11.4 Å². The molecule has 0 aliphatic carbocycles. The second-order valence-electron chi connectivity index (χ2n) is 5.92. The van der Waals surface area contributed by atoms with Gasteiger partial charge >= 0.3 is 0 Å². The van der Waals surface area contributed by atoms with E-state index < -0.39 is 0 Å². The van der Waals surface area contributed by atoms with Crippen LogP contribution in [-0.4, -0.2) is 72.3 Å². The molecule has 128 valence electrons.